The molecule has 0 amide bonds. The van der Waals surface area contributed by atoms with Crippen LogP contribution < -0.4 is 10.6 Å². The Morgan fingerprint density at radius 3 is 2.36 bits per heavy atom. The first-order valence-corrected chi connectivity index (χ1v) is 11.0. The lowest BCUT2D eigenvalue weighted by Crippen LogP contribution is -2.43. The molecule has 0 unspecified atom stereocenters. The Morgan fingerprint density at radius 2 is 1.88 bits per heavy atom. The van der Waals surface area contributed by atoms with E-state index in [0.29, 0.717) is 25.6 Å². The molecule has 2 N–H and O–H groups in total. The van der Waals surface area contributed by atoms with Gasteiger partial charge < -0.3 is 15.4 Å². The second-order valence-corrected chi connectivity index (χ2v) is 8.71. The van der Waals surface area contributed by atoms with Crippen molar-refractivity contribution >= 4 is 16.0 Å². The smallest absolute Gasteiger partial charge is 0.215 e. The van der Waals surface area contributed by atoms with Crippen LogP contribution in [0.3, 0.4) is 0 Å². The molecule has 0 aromatic heterocycles. The summed E-state index contributed by atoms with van der Waals surface area (Å²) in [6.07, 6.45) is 4.67. The Labute approximate surface area is 153 Å². The van der Waals surface area contributed by atoms with E-state index in [4.69, 9.17) is 9.73 Å². The van der Waals surface area contributed by atoms with Crippen LogP contribution in [0.4, 0.5) is 0 Å². The maximum Gasteiger partial charge on any atom is 0.215 e. The molecular formula is C17H36N4O3S. The highest BCUT2D eigenvalue weighted by Crippen LogP contribution is 2.44. The minimum Gasteiger partial charge on any atom is -0.385 e. The van der Waals surface area contributed by atoms with Gasteiger partial charge in [-0.25, -0.2) is 12.7 Å². The van der Waals surface area contributed by atoms with Gasteiger partial charge in [0.2, 0.25) is 10.0 Å². The number of aliphatic imine (C=N–C) groups is 1. The van der Waals surface area contributed by atoms with Gasteiger partial charge in [-0.2, -0.15) is 0 Å². The topological polar surface area (TPSA) is 83.0 Å². The summed E-state index contributed by atoms with van der Waals surface area (Å²) in [6, 6.07) is 0. The van der Waals surface area contributed by atoms with Crippen molar-refractivity contribution in [2.75, 3.05) is 52.2 Å². The fourth-order valence-corrected chi connectivity index (χ4v) is 4.52. The van der Waals surface area contributed by atoms with Gasteiger partial charge in [0.15, 0.2) is 5.96 Å². The normalized spacial score (nSPS) is 17.4. The lowest BCUT2D eigenvalue weighted by atomic mass is 9.67. The van der Waals surface area contributed by atoms with E-state index in [1.165, 1.54) is 23.6 Å². The second-order valence-electron chi connectivity index (χ2n) is 6.62. The summed E-state index contributed by atoms with van der Waals surface area (Å²) in [6.45, 7) is 9.37. The van der Waals surface area contributed by atoms with Crippen LogP contribution in [-0.4, -0.2) is 70.9 Å². The maximum atomic E-state index is 12.2. The van der Waals surface area contributed by atoms with Gasteiger partial charge in [0, 0.05) is 46.4 Å². The maximum absolute atomic E-state index is 12.2. The van der Waals surface area contributed by atoms with Crippen molar-refractivity contribution in [2.24, 2.45) is 10.4 Å². The first-order valence-electron chi connectivity index (χ1n) is 9.42. The minimum atomic E-state index is -3.21. The standard InChI is InChI=1S/C17H36N4O3S/c1-5-18-16(19-12-14-25(22,23)21(6-2)7-3)20-15-17(9-8-10-17)11-13-24-4/h5-15H2,1-4H3,(H2,18,19,20). The fourth-order valence-electron chi connectivity index (χ4n) is 3.12. The molecular weight excluding hydrogens is 340 g/mol. The zero-order chi connectivity index (χ0) is 18.8. The van der Waals surface area contributed by atoms with E-state index in [-0.39, 0.29) is 11.2 Å². The van der Waals surface area contributed by atoms with Gasteiger partial charge >= 0.3 is 0 Å². The zero-order valence-electron chi connectivity index (χ0n) is 16.3. The molecule has 1 aliphatic carbocycles. The molecule has 0 radical (unpaired) electrons. The highest BCUT2D eigenvalue weighted by Gasteiger charge is 2.36. The van der Waals surface area contributed by atoms with Crippen LogP contribution in [0.1, 0.15) is 46.5 Å². The highest BCUT2D eigenvalue weighted by atomic mass is 32.2. The number of hydrogen-bond acceptors (Lipinski definition) is 4. The number of rotatable bonds is 12. The highest BCUT2D eigenvalue weighted by molar-refractivity contribution is 7.89. The van der Waals surface area contributed by atoms with Crippen LogP contribution in [-0.2, 0) is 14.8 Å². The van der Waals surface area contributed by atoms with E-state index in [9.17, 15) is 8.42 Å². The van der Waals surface area contributed by atoms with Crippen LogP contribution in [0.15, 0.2) is 4.99 Å². The van der Waals surface area contributed by atoms with Crippen molar-refractivity contribution in [3.8, 4) is 0 Å². The summed E-state index contributed by atoms with van der Waals surface area (Å²) in [5.74, 6) is 0.773. The monoisotopic (exact) mass is 376 g/mol. The van der Waals surface area contributed by atoms with Crippen LogP contribution in [0.25, 0.3) is 0 Å². The lowest BCUT2D eigenvalue weighted by Gasteiger charge is -2.40. The van der Waals surface area contributed by atoms with Gasteiger partial charge in [-0.1, -0.05) is 20.3 Å². The number of nitrogens with one attached hydrogen (secondary N) is 2. The summed E-state index contributed by atoms with van der Waals surface area (Å²) >= 11 is 0. The van der Waals surface area contributed by atoms with E-state index < -0.39 is 10.0 Å². The van der Waals surface area contributed by atoms with Gasteiger partial charge in [0.25, 0.3) is 0 Å². The molecule has 7 nitrogen and oxygen atoms in total. The molecule has 0 heterocycles. The van der Waals surface area contributed by atoms with Crippen LogP contribution in [0.2, 0.25) is 0 Å². The fraction of sp³-hybridized carbons (Fsp3) is 0.941. The summed E-state index contributed by atoms with van der Waals surface area (Å²) in [7, 11) is -1.48. The largest absolute Gasteiger partial charge is 0.385 e. The van der Waals surface area contributed by atoms with Crippen molar-refractivity contribution in [3.05, 3.63) is 0 Å². The number of guanidine groups is 1. The van der Waals surface area contributed by atoms with Crippen LogP contribution in [0, 0.1) is 5.41 Å². The predicted octanol–water partition coefficient (Wildman–Crippen LogP) is 1.42. The van der Waals surface area contributed by atoms with E-state index in [0.717, 1.165) is 26.1 Å². The summed E-state index contributed by atoms with van der Waals surface area (Å²) in [5, 5.41) is 6.36. The molecule has 0 aromatic rings. The van der Waals surface area contributed by atoms with Gasteiger partial charge in [-0.3, -0.25) is 4.99 Å². The SMILES string of the molecule is CCNC(=NCC1(CCOC)CCC1)NCCS(=O)(=O)N(CC)CC. The van der Waals surface area contributed by atoms with E-state index in [2.05, 4.69) is 10.6 Å². The molecule has 0 atom stereocenters. The first-order chi connectivity index (χ1) is 11.9. The molecule has 1 rings (SSSR count). The summed E-state index contributed by atoms with van der Waals surface area (Å²) in [5.41, 5.74) is 0.256. The third-order valence-electron chi connectivity index (χ3n) is 4.92. The average molecular weight is 377 g/mol. The van der Waals surface area contributed by atoms with Crippen molar-refractivity contribution in [2.45, 2.75) is 46.5 Å². The molecule has 0 aliphatic heterocycles. The Balaban J connectivity index is 2.56. The molecule has 25 heavy (non-hydrogen) atoms. The Hall–Kier alpha value is -0.860. The van der Waals surface area contributed by atoms with E-state index in [1.54, 1.807) is 7.11 Å². The van der Waals surface area contributed by atoms with Gasteiger partial charge in [0.05, 0.1) is 5.75 Å². The molecule has 1 saturated carbocycles. The Kier molecular flexibility index (Phi) is 9.74. The van der Waals surface area contributed by atoms with Gasteiger partial charge in [-0.05, 0) is 31.6 Å². The minimum absolute atomic E-state index is 0.0773. The Bertz CT molecular complexity index is 500. The number of sulfonamides is 1. The number of hydrogen-bond donors (Lipinski definition) is 2. The first kappa shape index (κ1) is 22.2. The molecule has 1 fully saturated rings. The van der Waals surface area contributed by atoms with Crippen molar-refractivity contribution < 1.29 is 13.2 Å². The second kappa shape index (κ2) is 11.0. The Morgan fingerprint density at radius 1 is 1.20 bits per heavy atom. The molecule has 0 saturated heterocycles. The predicted molar refractivity (Wildman–Crippen MR) is 103 cm³/mol. The molecule has 148 valence electrons. The average Bonchev–Trinajstić information content (AvgIpc) is 2.54. The molecule has 0 bridgehead atoms. The third kappa shape index (κ3) is 7.11. The van der Waals surface area contributed by atoms with Crippen LogP contribution in [0.5, 0.6) is 0 Å². The van der Waals surface area contributed by atoms with Crippen molar-refractivity contribution in [1.29, 1.82) is 0 Å². The number of nitrogens with zero attached hydrogens (tertiary/aromatic N) is 2. The summed E-state index contributed by atoms with van der Waals surface area (Å²) < 4.78 is 31.2. The molecule has 0 spiro atoms. The van der Waals surface area contributed by atoms with Crippen molar-refractivity contribution in [1.82, 2.24) is 14.9 Å². The number of ether oxygens (including phenoxy) is 1. The quantitative estimate of drug-likeness (QED) is 0.398. The lowest BCUT2D eigenvalue weighted by molar-refractivity contribution is 0.0778. The van der Waals surface area contributed by atoms with Gasteiger partial charge in [0.1, 0.15) is 0 Å². The van der Waals surface area contributed by atoms with E-state index in [1.807, 2.05) is 20.8 Å². The van der Waals surface area contributed by atoms with Gasteiger partial charge in [-0.15, -0.1) is 0 Å². The number of methoxy groups -OCH3 is 1. The molecule has 8 heteroatoms. The summed E-state index contributed by atoms with van der Waals surface area (Å²) in [4.78, 5) is 4.70. The third-order valence-corrected chi connectivity index (χ3v) is 6.94. The van der Waals surface area contributed by atoms with E-state index >= 15 is 0 Å². The zero-order valence-corrected chi connectivity index (χ0v) is 17.1. The van der Waals surface area contributed by atoms with Crippen molar-refractivity contribution in [3.63, 3.8) is 0 Å². The molecule has 0 aromatic carbocycles. The van der Waals surface area contributed by atoms with Crippen LogP contribution >= 0.6 is 0 Å². The molecule has 1 aliphatic rings.